The van der Waals surface area contributed by atoms with Crippen molar-refractivity contribution in [1.29, 1.82) is 0 Å². The smallest absolute Gasteiger partial charge is 0.0702 e. The second kappa shape index (κ2) is 6.08. The van der Waals surface area contributed by atoms with E-state index in [9.17, 15) is 0 Å². The molecule has 5 heteroatoms. The Bertz CT molecular complexity index is 651. The van der Waals surface area contributed by atoms with Gasteiger partial charge in [-0.25, -0.2) is 0 Å². The van der Waals surface area contributed by atoms with Crippen molar-refractivity contribution in [2.75, 3.05) is 6.54 Å². The molecule has 1 atom stereocenters. The first kappa shape index (κ1) is 13.8. The molecule has 3 rings (SSSR count). The summed E-state index contributed by atoms with van der Waals surface area (Å²) >= 11 is 3.69. The average molecular weight is 305 g/mol. The summed E-state index contributed by atoms with van der Waals surface area (Å²) in [6, 6.07) is 4.78. The molecule has 106 valence electrons. The second-order valence-corrected chi connectivity index (χ2v) is 6.89. The quantitative estimate of drug-likeness (QED) is 0.737. The molecule has 3 nitrogen and oxygen atoms in total. The number of rotatable bonds is 6. The van der Waals surface area contributed by atoms with Crippen molar-refractivity contribution < 1.29 is 0 Å². The number of aryl methyl sites for hydroxylation is 1. The first-order chi connectivity index (χ1) is 9.81. The van der Waals surface area contributed by atoms with Crippen LogP contribution >= 0.6 is 22.7 Å². The summed E-state index contributed by atoms with van der Waals surface area (Å²) in [4.78, 5) is 1.38. The van der Waals surface area contributed by atoms with E-state index in [-0.39, 0.29) is 6.04 Å². The highest BCUT2D eigenvalue weighted by Gasteiger charge is 2.18. The van der Waals surface area contributed by atoms with Crippen LogP contribution in [0.25, 0.3) is 9.40 Å². The topological polar surface area (TPSA) is 29.9 Å². The van der Waals surface area contributed by atoms with Gasteiger partial charge in [0.1, 0.15) is 0 Å². The van der Waals surface area contributed by atoms with E-state index >= 15 is 0 Å². The van der Waals surface area contributed by atoms with Gasteiger partial charge in [-0.05, 0) is 30.5 Å². The molecule has 3 aromatic heterocycles. The number of hydrogen-bond donors (Lipinski definition) is 1. The molecule has 0 spiro atoms. The van der Waals surface area contributed by atoms with Crippen LogP contribution in [0.1, 0.15) is 36.8 Å². The molecule has 1 N–H and O–H groups in total. The number of fused-ring (bicyclic) bond motifs is 1. The van der Waals surface area contributed by atoms with Crippen LogP contribution in [0.2, 0.25) is 0 Å². The lowest BCUT2D eigenvalue weighted by molar-refractivity contribution is 0.598. The Balaban J connectivity index is 1.92. The van der Waals surface area contributed by atoms with Crippen molar-refractivity contribution in [1.82, 2.24) is 15.1 Å². The molecule has 1 unspecified atom stereocenters. The largest absolute Gasteiger partial charge is 0.306 e. The van der Waals surface area contributed by atoms with Crippen LogP contribution < -0.4 is 5.32 Å². The molecule has 0 aliphatic rings. The van der Waals surface area contributed by atoms with Crippen molar-refractivity contribution in [2.24, 2.45) is 0 Å². The molecule has 0 amide bonds. The normalized spacial score (nSPS) is 13.1. The number of thiophene rings is 2. The summed E-state index contributed by atoms with van der Waals surface area (Å²) in [5.41, 5.74) is 1.26. The number of nitrogens with one attached hydrogen (secondary N) is 1. The summed E-state index contributed by atoms with van der Waals surface area (Å²) in [5.74, 6) is 0. The number of hydrogen-bond acceptors (Lipinski definition) is 4. The van der Waals surface area contributed by atoms with Crippen LogP contribution in [0.3, 0.4) is 0 Å². The third-order valence-corrected chi connectivity index (χ3v) is 5.45. The van der Waals surface area contributed by atoms with Crippen LogP contribution in [-0.2, 0) is 6.54 Å². The van der Waals surface area contributed by atoms with Gasteiger partial charge in [-0.15, -0.1) is 22.7 Å². The van der Waals surface area contributed by atoms with Crippen molar-refractivity contribution in [2.45, 2.75) is 32.9 Å². The van der Waals surface area contributed by atoms with E-state index in [0.29, 0.717) is 0 Å². The molecule has 0 fully saturated rings. The molecular formula is C15H19N3S2. The van der Waals surface area contributed by atoms with E-state index in [4.69, 9.17) is 0 Å². The molecule has 3 aromatic rings. The third kappa shape index (κ3) is 2.66. The fourth-order valence-corrected chi connectivity index (χ4v) is 4.62. The Morgan fingerprint density at radius 2 is 2.25 bits per heavy atom. The summed E-state index contributed by atoms with van der Waals surface area (Å²) in [6.45, 7) is 6.27. The first-order valence-corrected chi connectivity index (χ1v) is 8.74. The number of nitrogens with zero attached hydrogens (tertiary/aromatic N) is 2. The van der Waals surface area contributed by atoms with Crippen LogP contribution in [-0.4, -0.2) is 16.3 Å². The molecule has 0 aliphatic carbocycles. The highest BCUT2D eigenvalue weighted by Crippen LogP contribution is 2.35. The minimum absolute atomic E-state index is 0.259. The van der Waals surface area contributed by atoms with Crippen molar-refractivity contribution in [3.05, 3.63) is 40.3 Å². The van der Waals surface area contributed by atoms with Gasteiger partial charge in [-0.1, -0.05) is 13.8 Å². The fourth-order valence-electron chi connectivity index (χ4n) is 2.39. The van der Waals surface area contributed by atoms with Crippen molar-refractivity contribution >= 4 is 32.1 Å². The Labute approximate surface area is 127 Å². The second-order valence-electron chi connectivity index (χ2n) is 4.83. The van der Waals surface area contributed by atoms with Gasteiger partial charge in [-0.3, -0.25) is 4.68 Å². The van der Waals surface area contributed by atoms with Gasteiger partial charge in [0.05, 0.1) is 12.2 Å². The zero-order valence-corrected chi connectivity index (χ0v) is 13.4. The lowest BCUT2D eigenvalue weighted by Crippen LogP contribution is -2.20. The zero-order chi connectivity index (χ0) is 13.9. The van der Waals surface area contributed by atoms with E-state index in [1.54, 1.807) is 0 Å². The molecule has 0 saturated carbocycles. The molecule has 3 heterocycles. The van der Waals surface area contributed by atoms with E-state index in [1.165, 1.54) is 19.8 Å². The molecule has 0 aliphatic heterocycles. The van der Waals surface area contributed by atoms with Crippen LogP contribution in [0, 0.1) is 0 Å². The summed E-state index contributed by atoms with van der Waals surface area (Å²) in [6.07, 6.45) is 5.28. The van der Waals surface area contributed by atoms with Gasteiger partial charge in [0.2, 0.25) is 0 Å². The minimum Gasteiger partial charge on any atom is -0.306 e. The Kier molecular flexibility index (Phi) is 4.19. The maximum atomic E-state index is 4.46. The molecule has 20 heavy (non-hydrogen) atoms. The predicted molar refractivity (Wildman–Crippen MR) is 87.7 cm³/mol. The van der Waals surface area contributed by atoms with Gasteiger partial charge in [0, 0.05) is 32.6 Å². The van der Waals surface area contributed by atoms with E-state index in [0.717, 1.165) is 19.5 Å². The summed E-state index contributed by atoms with van der Waals surface area (Å²) in [7, 11) is 0. The lowest BCUT2D eigenvalue weighted by atomic mass is 10.1. The zero-order valence-electron chi connectivity index (χ0n) is 11.8. The van der Waals surface area contributed by atoms with E-state index in [2.05, 4.69) is 48.0 Å². The Morgan fingerprint density at radius 1 is 1.35 bits per heavy atom. The van der Waals surface area contributed by atoms with Gasteiger partial charge in [0.15, 0.2) is 0 Å². The maximum absolute atomic E-state index is 4.46. The Morgan fingerprint density at radius 3 is 3.00 bits per heavy atom. The van der Waals surface area contributed by atoms with Gasteiger partial charge in [0.25, 0.3) is 0 Å². The molecule has 0 bridgehead atoms. The maximum Gasteiger partial charge on any atom is 0.0702 e. The number of aromatic nitrogens is 2. The van der Waals surface area contributed by atoms with Crippen molar-refractivity contribution in [3.63, 3.8) is 0 Å². The average Bonchev–Trinajstić information content (AvgIpc) is 3.11. The van der Waals surface area contributed by atoms with Gasteiger partial charge < -0.3 is 5.32 Å². The first-order valence-electron chi connectivity index (χ1n) is 7.04. The fraction of sp³-hybridized carbons (Fsp3) is 0.400. The summed E-state index contributed by atoms with van der Waals surface area (Å²) in [5, 5.41) is 10.2. The van der Waals surface area contributed by atoms with E-state index < -0.39 is 0 Å². The predicted octanol–water partition coefficient (Wildman–Crippen LogP) is 4.27. The van der Waals surface area contributed by atoms with Gasteiger partial charge in [-0.2, -0.15) is 5.10 Å². The summed E-state index contributed by atoms with van der Waals surface area (Å²) < 4.78 is 4.80. The molecular weight excluding hydrogens is 286 g/mol. The molecule has 0 radical (unpaired) electrons. The highest BCUT2D eigenvalue weighted by molar-refractivity contribution is 7.27. The monoisotopic (exact) mass is 305 g/mol. The Hall–Kier alpha value is -1.17. The standard InChI is InChI=1S/C15H19N3S2/c1-3-6-18-10-11(9-17-18)15(16-4-2)14-8-13-12(20-14)5-7-19-13/h5,7-10,15-16H,3-4,6H2,1-2H3. The van der Waals surface area contributed by atoms with Crippen LogP contribution in [0.15, 0.2) is 29.9 Å². The van der Waals surface area contributed by atoms with E-state index in [1.807, 2.05) is 33.6 Å². The molecule has 0 aromatic carbocycles. The van der Waals surface area contributed by atoms with Crippen molar-refractivity contribution in [3.8, 4) is 0 Å². The van der Waals surface area contributed by atoms with Crippen LogP contribution in [0.5, 0.6) is 0 Å². The minimum atomic E-state index is 0.259. The third-order valence-electron chi connectivity index (χ3n) is 3.29. The highest BCUT2D eigenvalue weighted by atomic mass is 32.1. The SMILES string of the molecule is CCCn1cc(C(NCC)c2cc3sccc3s2)cn1. The lowest BCUT2D eigenvalue weighted by Gasteiger charge is -2.14. The van der Waals surface area contributed by atoms with Crippen LogP contribution in [0.4, 0.5) is 0 Å². The van der Waals surface area contributed by atoms with Gasteiger partial charge >= 0.3 is 0 Å². The molecule has 0 saturated heterocycles.